The van der Waals surface area contributed by atoms with Gasteiger partial charge in [-0.05, 0) is 32.0 Å². The highest BCUT2D eigenvalue weighted by molar-refractivity contribution is 6.04. The van der Waals surface area contributed by atoms with Crippen LogP contribution in [0.5, 0.6) is 11.5 Å². The monoisotopic (exact) mass is 427 g/mol. The molecule has 9 nitrogen and oxygen atoms in total. The van der Waals surface area contributed by atoms with Crippen LogP contribution in [0.1, 0.15) is 30.2 Å². The number of fused-ring (bicyclic) bond motifs is 1. The van der Waals surface area contributed by atoms with Gasteiger partial charge in [0.1, 0.15) is 30.3 Å². The summed E-state index contributed by atoms with van der Waals surface area (Å²) < 4.78 is 32.8. The van der Waals surface area contributed by atoms with Crippen LogP contribution in [-0.4, -0.2) is 52.1 Å². The number of hydrogen-bond donors (Lipinski definition) is 1. The van der Waals surface area contributed by atoms with Crippen molar-refractivity contribution in [2.75, 3.05) is 25.6 Å². The largest absolute Gasteiger partial charge is 0.486 e. The molecule has 4 rings (SSSR count). The first-order chi connectivity index (χ1) is 15.0. The van der Waals surface area contributed by atoms with Gasteiger partial charge in [-0.2, -0.15) is 0 Å². The molecule has 2 aromatic heterocycles. The topological polar surface area (TPSA) is 100 Å². The zero-order chi connectivity index (χ0) is 22.0. The molecule has 0 aliphatic carbocycles. The minimum absolute atomic E-state index is 0.139. The number of aromatic nitrogens is 4. The Labute approximate surface area is 178 Å². The molecule has 1 aliphatic rings. The molecule has 0 spiro atoms. The van der Waals surface area contributed by atoms with Crippen molar-refractivity contribution in [3.8, 4) is 23.0 Å². The number of benzene rings is 1. The normalized spacial score (nSPS) is 15.2. The standard InChI is InChI=1S/C21H22FN5O4/c1-12(2)27-11-23-26-20(27)16-5-4-6-19(24-16)25-21(28)14-7-17-18(8-15(14)22)31-13(9-29-3)10-30-17/h4-8,11-13H,9-10H2,1-3H3,(H,24,25,28). The summed E-state index contributed by atoms with van der Waals surface area (Å²) in [6.07, 6.45) is 1.28. The van der Waals surface area contributed by atoms with Gasteiger partial charge in [0.05, 0.1) is 12.2 Å². The van der Waals surface area contributed by atoms with E-state index in [2.05, 4.69) is 20.5 Å². The number of amides is 1. The number of pyridine rings is 1. The number of methoxy groups -OCH3 is 1. The maximum Gasteiger partial charge on any atom is 0.259 e. The number of carbonyl (C=O) groups excluding carboxylic acids is 1. The lowest BCUT2D eigenvalue weighted by Crippen LogP contribution is -2.33. The Hall–Kier alpha value is -3.53. The smallest absolute Gasteiger partial charge is 0.259 e. The molecule has 31 heavy (non-hydrogen) atoms. The summed E-state index contributed by atoms with van der Waals surface area (Å²) in [6, 6.07) is 7.71. The van der Waals surface area contributed by atoms with Gasteiger partial charge in [0.25, 0.3) is 5.91 Å². The first-order valence-electron chi connectivity index (χ1n) is 9.76. The summed E-state index contributed by atoms with van der Waals surface area (Å²) in [5.74, 6) is -0.0230. The van der Waals surface area contributed by atoms with E-state index in [-0.39, 0.29) is 35.9 Å². The Bertz CT molecular complexity index is 1100. The van der Waals surface area contributed by atoms with Gasteiger partial charge < -0.3 is 24.1 Å². The zero-order valence-electron chi connectivity index (χ0n) is 17.3. The van der Waals surface area contributed by atoms with Gasteiger partial charge in [0, 0.05) is 19.2 Å². The van der Waals surface area contributed by atoms with Gasteiger partial charge in [0.15, 0.2) is 23.4 Å². The van der Waals surface area contributed by atoms with Crippen LogP contribution >= 0.6 is 0 Å². The molecule has 1 unspecified atom stereocenters. The molecule has 3 aromatic rings. The molecular formula is C21H22FN5O4. The van der Waals surface area contributed by atoms with Gasteiger partial charge in [0.2, 0.25) is 0 Å². The summed E-state index contributed by atoms with van der Waals surface area (Å²) in [6.45, 7) is 4.56. The second kappa shape index (κ2) is 8.68. The van der Waals surface area contributed by atoms with Crippen LogP contribution in [0.3, 0.4) is 0 Å². The van der Waals surface area contributed by atoms with Gasteiger partial charge in [-0.3, -0.25) is 4.79 Å². The van der Waals surface area contributed by atoms with Crippen molar-refractivity contribution in [2.45, 2.75) is 26.0 Å². The summed E-state index contributed by atoms with van der Waals surface area (Å²) in [7, 11) is 1.54. The fourth-order valence-electron chi connectivity index (χ4n) is 3.19. The molecule has 1 aromatic carbocycles. The van der Waals surface area contributed by atoms with Crippen molar-refractivity contribution in [3.63, 3.8) is 0 Å². The molecule has 162 valence electrons. The highest BCUT2D eigenvalue weighted by atomic mass is 19.1. The van der Waals surface area contributed by atoms with E-state index in [4.69, 9.17) is 14.2 Å². The van der Waals surface area contributed by atoms with E-state index in [9.17, 15) is 9.18 Å². The van der Waals surface area contributed by atoms with Crippen molar-refractivity contribution in [1.29, 1.82) is 0 Å². The second-order valence-corrected chi connectivity index (χ2v) is 7.30. The van der Waals surface area contributed by atoms with Crippen molar-refractivity contribution in [1.82, 2.24) is 19.7 Å². The van der Waals surface area contributed by atoms with Crippen molar-refractivity contribution in [3.05, 3.63) is 48.0 Å². The summed E-state index contributed by atoms with van der Waals surface area (Å²) in [5.41, 5.74) is 0.362. The maximum atomic E-state index is 14.6. The molecule has 3 heterocycles. The van der Waals surface area contributed by atoms with E-state index in [1.54, 1.807) is 31.6 Å². The van der Waals surface area contributed by atoms with Gasteiger partial charge >= 0.3 is 0 Å². The molecule has 1 aliphatic heterocycles. The van der Waals surface area contributed by atoms with Crippen molar-refractivity contribution < 1.29 is 23.4 Å². The van der Waals surface area contributed by atoms with E-state index in [1.807, 2.05) is 18.4 Å². The van der Waals surface area contributed by atoms with Gasteiger partial charge in [-0.15, -0.1) is 10.2 Å². The van der Waals surface area contributed by atoms with Crippen LogP contribution in [0.25, 0.3) is 11.5 Å². The molecule has 0 saturated heterocycles. The van der Waals surface area contributed by atoms with Crippen LogP contribution in [0, 0.1) is 5.82 Å². The third-order valence-electron chi connectivity index (χ3n) is 4.70. The van der Waals surface area contributed by atoms with Crippen LogP contribution in [-0.2, 0) is 4.74 Å². The molecule has 1 amide bonds. The quantitative estimate of drug-likeness (QED) is 0.645. The zero-order valence-corrected chi connectivity index (χ0v) is 17.3. The summed E-state index contributed by atoms with van der Waals surface area (Å²) in [5, 5.41) is 10.7. The third kappa shape index (κ3) is 4.33. The van der Waals surface area contributed by atoms with E-state index >= 15 is 0 Å². The SMILES string of the molecule is COCC1COc2cc(C(=O)Nc3cccc(-c4nncn4C(C)C)n3)c(F)cc2O1. The van der Waals surface area contributed by atoms with Crippen LogP contribution in [0.2, 0.25) is 0 Å². The number of anilines is 1. The molecule has 1 N–H and O–H groups in total. The molecule has 10 heteroatoms. The Morgan fingerprint density at radius 1 is 1.35 bits per heavy atom. The van der Waals surface area contributed by atoms with Crippen molar-refractivity contribution in [2.24, 2.45) is 0 Å². The van der Waals surface area contributed by atoms with Gasteiger partial charge in [-0.1, -0.05) is 6.07 Å². The first-order valence-corrected chi connectivity index (χ1v) is 9.76. The van der Waals surface area contributed by atoms with E-state index in [0.717, 1.165) is 6.07 Å². The lowest BCUT2D eigenvalue weighted by atomic mass is 10.1. The summed E-state index contributed by atoms with van der Waals surface area (Å²) >= 11 is 0. The van der Waals surface area contributed by atoms with Crippen molar-refractivity contribution >= 4 is 11.7 Å². The lowest BCUT2D eigenvalue weighted by molar-refractivity contribution is 0.0268. The van der Waals surface area contributed by atoms with Crippen LogP contribution < -0.4 is 14.8 Å². The third-order valence-corrected chi connectivity index (χ3v) is 4.70. The molecular weight excluding hydrogens is 405 g/mol. The Kier molecular flexibility index (Phi) is 5.81. The number of halogens is 1. The predicted molar refractivity (Wildman–Crippen MR) is 110 cm³/mol. The fourth-order valence-corrected chi connectivity index (χ4v) is 3.19. The molecule has 0 saturated carbocycles. The average molecular weight is 427 g/mol. The molecule has 0 radical (unpaired) electrons. The molecule has 0 bridgehead atoms. The highest BCUT2D eigenvalue weighted by Crippen LogP contribution is 2.34. The Balaban J connectivity index is 1.55. The molecule has 0 fully saturated rings. The van der Waals surface area contributed by atoms with E-state index in [0.29, 0.717) is 23.9 Å². The fraction of sp³-hybridized carbons (Fsp3) is 0.333. The summed E-state index contributed by atoms with van der Waals surface area (Å²) in [4.78, 5) is 17.1. The number of nitrogens with one attached hydrogen (secondary N) is 1. The lowest BCUT2D eigenvalue weighted by Gasteiger charge is -2.26. The van der Waals surface area contributed by atoms with Crippen LogP contribution in [0.4, 0.5) is 10.2 Å². The minimum Gasteiger partial charge on any atom is -0.486 e. The average Bonchev–Trinajstić information content (AvgIpc) is 3.24. The van der Waals surface area contributed by atoms with Crippen LogP contribution in [0.15, 0.2) is 36.7 Å². The number of hydrogen-bond acceptors (Lipinski definition) is 7. The van der Waals surface area contributed by atoms with E-state index in [1.165, 1.54) is 6.07 Å². The first kappa shape index (κ1) is 20.7. The van der Waals surface area contributed by atoms with Gasteiger partial charge in [-0.25, -0.2) is 9.37 Å². The highest BCUT2D eigenvalue weighted by Gasteiger charge is 2.25. The number of rotatable bonds is 6. The number of ether oxygens (including phenoxy) is 3. The Morgan fingerprint density at radius 3 is 2.97 bits per heavy atom. The maximum absolute atomic E-state index is 14.6. The Morgan fingerprint density at radius 2 is 2.19 bits per heavy atom. The predicted octanol–water partition coefficient (Wildman–Crippen LogP) is 3.10. The molecule has 1 atom stereocenters. The number of nitrogens with zero attached hydrogens (tertiary/aromatic N) is 4. The van der Waals surface area contributed by atoms with E-state index < -0.39 is 11.7 Å². The number of carbonyl (C=O) groups is 1. The minimum atomic E-state index is -0.728. The second-order valence-electron chi connectivity index (χ2n) is 7.30.